The molecule has 12 heteroatoms. The predicted octanol–water partition coefficient (Wildman–Crippen LogP) is 10.7. The lowest BCUT2D eigenvalue weighted by molar-refractivity contribution is -0.164. The minimum atomic E-state index is -1.02. The van der Waals surface area contributed by atoms with Crippen LogP contribution in [0.2, 0.25) is 0 Å². The van der Waals surface area contributed by atoms with E-state index in [0.717, 1.165) is 96.3 Å². The number of nitrogens with zero attached hydrogens (tertiary/aromatic N) is 3. The third-order valence-electron chi connectivity index (χ3n) is 11.3. The predicted molar refractivity (Wildman–Crippen MR) is 233 cm³/mol. The summed E-state index contributed by atoms with van der Waals surface area (Å²) in [5, 5.41) is 0. The summed E-state index contributed by atoms with van der Waals surface area (Å²) in [6.45, 7) is 24.1. The summed E-state index contributed by atoms with van der Waals surface area (Å²) in [6.07, 6.45) is 4.32. The summed E-state index contributed by atoms with van der Waals surface area (Å²) in [5.74, 6) is -1.29. The lowest BCUT2D eigenvalue weighted by atomic mass is 9.92. The standard InChI is InChI=1S/C48H67F2N3O7/c1-12-14-23-57-31(3)30-56-25-26-59-48(10)19-21-52(22-20-48)45-41(43(46(54)55-11)60-47(7,8)9)32(4)33(5)44-51-42(34(6)53(44)45)36-18-16-17-35(27-36)37-28-38(49)39(50)29-40(37)58-24-15-13-2/h16-18,27-29,31,43H,12-15,19-26,30H2,1-11H3/t31-,43+/m1/s1. The van der Waals surface area contributed by atoms with Gasteiger partial charge in [0.25, 0.3) is 0 Å². The number of esters is 1. The number of anilines is 1. The molecule has 0 saturated carbocycles. The number of benzene rings is 2. The molecule has 0 aliphatic carbocycles. The molecule has 0 amide bonds. The highest BCUT2D eigenvalue weighted by Gasteiger charge is 2.39. The van der Waals surface area contributed by atoms with Crippen molar-refractivity contribution in [1.29, 1.82) is 0 Å². The summed E-state index contributed by atoms with van der Waals surface area (Å²) in [6, 6.07) is 9.96. The molecule has 3 heterocycles. The number of piperidine rings is 1. The van der Waals surface area contributed by atoms with Crippen molar-refractivity contribution in [1.82, 2.24) is 9.38 Å². The van der Waals surface area contributed by atoms with Gasteiger partial charge >= 0.3 is 5.97 Å². The molecule has 2 aromatic heterocycles. The number of imidazole rings is 1. The van der Waals surface area contributed by atoms with Crippen LogP contribution in [0.5, 0.6) is 5.75 Å². The van der Waals surface area contributed by atoms with E-state index >= 15 is 0 Å². The Hall–Kier alpha value is -4.10. The summed E-state index contributed by atoms with van der Waals surface area (Å²) in [4.78, 5) is 21.3. The van der Waals surface area contributed by atoms with Gasteiger partial charge in [-0.1, -0.05) is 44.9 Å². The van der Waals surface area contributed by atoms with E-state index in [1.165, 1.54) is 13.2 Å². The van der Waals surface area contributed by atoms with Gasteiger partial charge in [0.1, 0.15) is 17.2 Å². The van der Waals surface area contributed by atoms with Gasteiger partial charge in [-0.25, -0.2) is 18.6 Å². The minimum absolute atomic E-state index is 0.0358. The zero-order valence-electron chi connectivity index (χ0n) is 37.8. The van der Waals surface area contributed by atoms with Crippen LogP contribution in [0.1, 0.15) is 115 Å². The molecule has 1 fully saturated rings. The van der Waals surface area contributed by atoms with Crippen molar-refractivity contribution in [3.05, 3.63) is 70.4 Å². The van der Waals surface area contributed by atoms with Gasteiger partial charge in [-0.05, 0) is 110 Å². The smallest absolute Gasteiger partial charge is 0.339 e. The van der Waals surface area contributed by atoms with Gasteiger partial charge < -0.3 is 33.3 Å². The lowest BCUT2D eigenvalue weighted by Crippen LogP contribution is -2.46. The molecule has 60 heavy (non-hydrogen) atoms. The summed E-state index contributed by atoms with van der Waals surface area (Å²) in [5.41, 5.74) is 5.69. The second-order valence-corrected chi connectivity index (χ2v) is 17.3. The first kappa shape index (κ1) is 47.0. The Kier molecular flexibility index (Phi) is 16.2. The number of carbonyl (C=O) groups is 1. The first-order valence-corrected chi connectivity index (χ1v) is 21.6. The number of unbranched alkanes of at least 4 members (excludes halogenated alkanes) is 2. The van der Waals surface area contributed by atoms with E-state index in [1.807, 2.05) is 79.7 Å². The quantitative estimate of drug-likeness (QED) is 0.0637. The Morgan fingerprint density at radius 3 is 2.25 bits per heavy atom. The zero-order valence-corrected chi connectivity index (χ0v) is 37.8. The highest BCUT2D eigenvalue weighted by Crippen LogP contribution is 2.43. The van der Waals surface area contributed by atoms with Gasteiger partial charge in [0, 0.05) is 48.1 Å². The molecule has 2 aromatic carbocycles. The highest BCUT2D eigenvalue weighted by molar-refractivity contribution is 5.83. The van der Waals surface area contributed by atoms with E-state index in [9.17, 15) is 13.6 Å². The number of rotatable bonds is 20. The number of pyridine rings is 1. The molecule has 0 N–H and O–H groups in total. The van der Waals surface area contributed by atoms with Crippen LogP contribution in [0.3, 0.4) is 0 Å². The molecule has 0 unspecified atom stereocenters. The van der Waals surface area contributed by atoms with E-state index in [1.54, 1.807) is 0 Å². The van der Waals surface area contributed by atoms with Crippen LogP contribution in [-0.4, -0.2) is 85.9 Å². The van der Waals surface area contributed by atoms with Crippen molar-refractivity contribution < 1.29 is 42.0 Å². The third-order valence-corrected chi connectivity index (χ3v) is 11.3. The third kappa shape index (κ3) is 11.2. The van der Waals surface area contributed by atoms with Crippen LogP contribution >= 0.6 is 0 Å². The normalized spacial score (nSPS) is 15.4. The SMILES string of the molecule is CCCCOc1cc(F)c(F)cc1-c1cccc(-c2nc3c(C)c(C)c([C@H](OC(C)(C)C)C(=O)OC)c(N4CCC(C)(OCCOC[C@@H](C)OCCCC)CC4)n3c2C)c1. The fourth-order valence-electron chi connectivity index (χ4n) is 7.70. The van der Waals surface area contributed by atoms with Gasteiger partial charge in [-0.15, -0.1) is 0 Å². The number of aromatic nitrogens is 2. The maximum atomic E-state index is 14.8. The topological polar surface area (TPSA) is 93.0 Å². The van der Waals surface area contributed by atoms with Crippen LogP contribution in [0.4, 0.5) is 14.6 Å². The Morgan fingerprint density at radius 2 is 1.58 bits per heavy atom. The van der Waals surface area contributed by atoms with Crippen molar-refractivity contribution >= 4 is 17.4 Å². The fraction of sp³-hybridized carbons (Fsp3) is 0.583. The molecule has 1 saturated heterocycles. The second kappa shape index (κ2) is 20.6. The summed E-state index contributed by atoms with van der Waals surface area (Å²) in [7, 11) is 1.39. The maximum absolute atomic E-state index is 14.8. The average Bonchev–Trinajstić information content (AvgIpc) is 3.56. The Morgan fingerprint density at radius 1 is 0.917 bits per heavy atom. The molecule has 0 radical (unpaired) electrons. The van der Waals surface area contributed by atoms with Crippen molar-refractivity contribution in [3.63, 3.8) is 0 Å². The number of ether oxygens (including phenoxy) is 6. The number of aryl methyl sites for hydroxylation is 2. The largest absolute Gasteiger partial charge is 0.493 e. The van der Waals surface area contributed by atoms with Crippen LogP contribution in [-0.2, 0) is 28.5 Å². The number of halogens is 2. The second-order valence-electron chi connectivity index (χ2n) is 17.3. The Labute approximate surface area is 355 Å². The van der Waals surface area contributed by atoms with E-state index in [4.69, 9.17) is 33.4 Å². The summed E-state index contributed by atoms with van der Waals surface area (Å²) < 4.78 is 67.5. The molecule has 1 aliphatic rings. The number of hydrogen-bond donors (Lipinski definition) is 0. The van der Waals surface area contributed by atoms with E-state index in [-0.39, 0.29) is 17.5 Å². The van der Waals surface area contributed by atoms with E-state index < -0.39 is 29.3 Å². The van der Waals surface area contributed by atoms with Gasteiger partial charge in [0.2, 0.25) is 0 Å². The monoisotopic (exact) mass is 835 g/mol. The zero-order chi connectivity index (χ0) is 43.8. The van der Waals surface area contributed by atoms with Crippen LogP contribution < -0.4 is 9.64 Å². The van der Waals surface area contributed by atoms with Gasteiger partial charge in [0.05, 0.1) is 56.5 Å². The number of fused-ring (bicyclic) bond motifs is 1. The fourth-order valence-corrected chi connectivity index (χ4v) is 7.70. The molecule has 330 valence electrons. The molecule has 4 aromatic rings. The Balaban J connectivity index is 1.54. The molecular weight excluding hydrogens is 769 g/mol. The molecule has 0 spiro atoms. The molecule has 5 rings (SSSR count). The van der Waals surface area contributed by atoms with Crippen LogP contribution in [0.15, 0.2) is 36.4 Å². The van der Waals surface area contributed by atoms with Crippen molar-refractivity contribution in [3.8, 4) is 28.1 Å². The molecule has 0 bridgehead atoms. The van der Waals surface area contributed by atoms with E-state index in [2.05, 4.69) is 23.1 Å². The van der Waals surface area contributed by atoms with Crippen molar-refractivity contribution in [2.45, 2.75) is 131 Å². The van der Waals surface area contributed by atoms with E-state index in [0.29, 0.717) is 50.6 Å². The highest BCUT2D eigenvalue weighted by atomic mass is 19.2. The number of methoxy groups -OCH3 is 1. The van der Waals surface area contributed by atoms with Crippen LogP contribution in [0.25, 0.3) is 28.0 Å². The van der Waals surface area contributed by atoms with Gasteiger partial charge in [-0.2, -0.15) is 0 Å². The van der Waals surface area contributed by atoms with Crippen molar-refractivity contribution in [2.75, 3.05) is 58.1 Å². The number of carbonyl (C=O) groups excluding carboxylic acids is 1. The molecule has 10 nitrogen and oxygen atoms in total. The minimum Gasteiger partial charge on any atom is -0.493 e. The lowest BCUT2D eigenvalue weighted by Gasteiger charge is -2.42. The van der Waals surface area contributed by atoms with Gasteiger partial charge in [0.15, 0.2) is 17.7 Å². The van der Waals surface area contributed by atoms with Crippen LogP contribution in [0, 0.1) is 32.4 Å². The maximum Gasteiger partial charge on any atom is 0.339 e. The Bertz CT molecular complexity index is 2070. The average molecular weight is 836 g/mol. The molecule has 1 aliphatic heterocycles. The molecular formula is C48H67F2N3O7. The molecule has 2 atom stereocenters. The number of hydrogen-bond acceptors (Lipinski definition) is 9. The van der Waals surface area contributed by atoms with Crippen molar-refractivity contribution in [2.24, 2.45) is 0 Å². The first-order valence-electron chi connectivity index (χ1n) is 21.6. The summed E-state index contributed by atoms with van der Waals surface area (Å²) >= 11 is 0. The van der Waals surface area contributed by atoms with Gasteiger partial charge in [-0.3, -0.25) is 4.40 Å². The first-order chi connectivity index (χ1) is 28.5.